The van der Waals surface area contributed by atoms with E-state index in [0.717, 1.165) is 25.3 Å². The number of Topliss-reactive ketones (excluding diaryl/α,β-unsaturated/α-hetero) is 1. The zero-order valence-corrected chi connectivity index (χ0v) is 42.9. The van der Waals surface area contributed by atoms with Gasteiger partial charge in [0.1, 0.15) is 23.2 Å². The smallest absolute Gasteiger partial charge is 0.405 e. The molecule has 2 aromatic carbocycles. The average Bonchev–Trinajstić information content (AvgIpc) is 3.35. The standard InChI is InChI=1S/C55H63N5O13S/c1-29-22-40-48(42(63)28-41(50(40)65)60-52(66)30(2)12-11-13-43(70-5)51(73-54(56)69)32(4)24-31(3)49(64)46(23-29)71-6)57-20-9-7-8-10-21-58-55(74)59-33-14-17-36(39(25-33)53(67)68)47-37-18-15-34(61)26-44(37)72-45-27-35(62)16-19-38(45)47/h11-19,24-29,31,43,46,49,51,57,61,64H,7-10,20-23H2,1-6H3,(H2,56,69)(H,60,66)(H,67,68)(H2,58,59,74)/b13-11?,30-12+,32-24+/t29-,31+,43+,46+,49-,51+/m1/s1. The molecule has 18 nitrogen and oxygen atoms in total. The molecule has 2 amide bonds. The number of hydrogen-bond donors (Lipinski definition) is 8. The van der Waals surface area contributed by atoms with Crippen LogP contribution in [0, 0.1) is 11.8 Å². The molecular formula is C55H63N5O13S. The minimum Gasteiger partial charge on any atom is -0.508 e. The predicted molar refractivity (Wildman–Crippen MR) is 283 cm³/mol. The number of rotatable bonds is 14. The molecule has 2 bridgehead atoms. The predicted octanol–water partition coefficient (Wildman–Crippen LogP) is 7.18. The van der Waals surface area contributed by atoms with Gasteiger partial charge in [-0.15, -0.1) is 0 Å². The van der Waals surface area contributed by atoms with Crippen molar-refractivity contribution in [1.29, 1.82) is 0 Å². The number of amides is 2. The molecule has 0 aromatic heterocycles. The number of thiocarbonyl (C=S) groups is 1. The van der Waals surface area contributed by atoms with E-state index in [0.29, 0.717) is 59.3 Å². The number of ether oxygens (including phenoxy) is 3. The molecule has 0 unspecified atom stereocenters. The number of aliphatic hydroxyl groups is 1. The van der Waals surface area contributed by atoms with Crippen molar-refractivity contribution in [1.82, 2.24) is 16.0 Å². The number of nitrogens with one attached hydrogen (secondary N) is 4. The fourth-order valence-electron chi connectivity index (χ4n) is 9.14. The normalized spacial score (nSPS) is 22.5. The number of anilines is 1. The van der Waals surface area contributed by atoms with Crippen LogP contribution in [0.25, 0.3) is 33.4 Å². The van der Waals surface area contributed by atoms with Gasteiger partial charge in [-0.2, -0.15) is 0 Å². The van der Waals surface area contributed by atoms with E-state index < -0.39 is 59.9 Å². The molecular weight excluding hydrogens is 971 g/mol. The minimum absolute atomic E-state index is 0.0261. The number of unbranched alkanes of at least 4 members (excludes halogenated alkanes) is 3. The molecule has 2 aliphatic carbocycles. The second-order valence-corrected chi connectivity index (χ2v) is 18.9. The van der Waals surface area contributed by atoms with E-state index >= 15 is 0 Å². The van der Waals surface area contributed by atoms with Gasteiger partial charge in [0.25, 0.3) is 5.91 Å². The van der Waals surface area contributed by atoms with Gasteiger partial charge in [0.15, 0.2) is 16.6 Å². The number of allylic oxidation sites excluding steroid dienone is 4. The number of carboxylic acids is 1. The first-order valence-corrected chi connectivity index (χ1v) is 24.6. The highest BCUT2D eigenvalue weighted by Gasteiger charge is 2.34. The van der Waals surface area contributed by atoms with Crippen LogP contribution in [-0.2, 0) is 28.6 Å². The van der Waals surface area contributed by atoms with Crippen molar-refractivity contribution in [3.63, 3.8) is 0 Å². The number of phenolic OH excluding ortho intramolecular Hbond substituents is 1. The number of primary amides is 1. The van der Waals surface area contributed by atoms with Gasteiger partial charge in [0, 0.05) is 84.8 Å². The van der Waals surface area contributed by atoms with Gasteiger partial charge in [-0.3, -0.25) is 19.2 Å². The number of aliphatic hydroxyl groups excluding tert-OH is 1. The van der Waals surface area contributed by atoms with Crippen molar-refractivity contribution in [2.45, 2.75) is 90.6 Å². The van der Waals surface area contributed by atoms with E-state index in [1.165, 1.54) is 63.6 Å². The summed E-state index contributed by atoms with van der Waals surface area (Å²) in [5.74, 6) is -3.38. The van der Waals surface area contributed by atoms with Crippen LogP contribution in [0.2, 0.25) is 0 Å². The number of hydrogen-bond acceptors (Lipinski definition) is 14. The molecule has 2 aliphatic heterocycles. The molecule has 0 radical (unpaired) electrons. The van der Waals surface area contributed by atoms with Crippen LogP contribution < -0.4 is 32.4 Å². The SMILES string of the molecule is CO[C@H]1C=C/C=C(\C)C(=O)NC2=CC(=O)C(NCCCCCCNC(=S)Nc3ccc(-c4c5ccc(=O)cc-5oc5cc(O)ccc45)c(C(=O)O)c3)=C(C[C@@H](C)C[C@H](OC)[C@H](O)[C@@H](C)/C=C(\C)[C@@H]1OC(N)=O)C2=O. The van der Waals surface area contributed by atoms with E-state index in [2.05, 4.69) is 21.3 Å². The molecule has 0 spiro atoms. The fraction of sp³-hybridized carbons (Fsp3) is 0.364. The molecule has 2 heterocycles. The lowest BCUT2D eigenvalue weighted by atomic mass is 9.85. The Labute approximate surface area is 433 Å². The van der Waals surface area contributed by atoms with Crippen LogP contribution in [0.3, 0.4) is 0 Å². The molecule has 0 saturated carbocycles. The summed E-state index contributed by atoms with van der Waals surface area (Å²) in [5, 5.41) is 44.9. The number of fused-ring (bicyclic) bond motifs is 4. The van der Waals surface area contributed by atoms with Crippen molar-refractivity contribution in [2.24, 2.45) is 17.6 Å². The summed E-state index contributed by atoms with van der Waals surface area (Å²) >= 11 is 5.54. The lowest BCUT2D eigenvalue weighted by Gasteiger charge is -2.30. The van der Waals surface area contributed by atoms with Crippen molar-refractivity contribution < 1.29 is 57.9 Å². The third-order valence-corrected chi connectivity index (χ3v) is 13.2. The highest BCUT2D eigenvalue weighted by Crippen LogP contribution is 2.42. The number of ketones is 2. The summed E-state index contributed by atoms with van der Waals surface area (Å²) in [6.45, 7) is 7.83. The Balaban J connectivity index is 1.08. The fourth-order valence-corrected chi connectivity index (χ4v) is 9.36. The van der Waals surface area contributed by atoms with Crippen LogP contribution in [0.15, 0.2) is 122 Å². The van der Waals surface area contributed by atoms with Crippen LogP contribution in [0.1, 0.15) is 76.6 Å². The van der Waals surface area contributed by atoms with Gasteiger partial charge in [-0.25, -0.2) is 9.59 Å². The molecule has 6 rings (SSSR count). The maximum Gasteiger partial charge on any atom is 0.405 e. The van der Waals surface area contributed by atoms with Crippen LogP contribution in [-0.4, -0.2) is 102 Å². The number of nitrogens with two attached hydrogens (primary N) is 1. The first-order chi connectivity index (χ1) is 35.3. The Morgan fingerprint density at radius 3 is 2.36 bits per heavy atom. The summed E-state index contributed by atoms with van der Waals surface area (Å²) in [7, 11) is 2.90. The second-order valence-electron chi connectivity index (χ2n) is 18.5. The maximum absolute atomic E-state index is 14.1. The molecule has 19 heteroatoms. The lowest BCUT2D eigenvalue weighted by molar-refractivity contribution is -0.120. The molecule has 392 valence electrons. The topological polar surface area (TPSA) is 278 Å². The number of carboxylic acid groups (broad SMARTS) is 1. The number of aromatic hydroxyl groups is 1. The third-order valence-electron chi connectivity index (χ3n) is 12.9. The van der Waals surface area contributed by atoms with Gasteiger partial charge in [0.05, 0.1) is 29.2 Å². The number of benzene rings is 3. The molecule has 0 saturated heterocycles. The number of phenols is 1. The van der Waals surface area contributed by atoms with E-state index in [1.54, 1.807) is 50.3 Å². The molecule has 74 heavy (non-hydrogen) atoms. The van der Waals surface area contributed by atoms with Crippen LogP contribution in [0.5, 0.6) is 5.75 Å². The van der Waals surface area contributed by atoms with Gasteiger partial charge in [-0.05, 0) is 105 Å². The van der Waals surface area contributed by atoms with Crippen LogP contribution in [0.4, 0.5) is 10.5 Å². The van der Waals surface area contributed by atoms with Crippen molar-refractivity contribution >= 4 is 63.5 Å². The number of aromatic carboxylic acids is 1. The van der Waals surface area contributed by atoms with E-state index in [9.17, 15) is 44.1 Å². The number of methoxy groups -OCH3 is 2. The summed E-state index contributed by atoms with van der Waals surface area (Å²) in [6.07, 6.45) is 6.32. The summed E-state index contributed by atoms with van der Waals surface area (Å²) in [5.41, 5.74) is 8.18. The van der Waals surface area contributed by atoms with E-state index in [-0.39, 0.29) is 68.1 Å². The van der Waals surface area contributed by atoms with Gasteiger partial charge in [0.2, 0.25) is 11.6 Å². The summed E-state index contributed by atoms with van der Waals surface area (Å²) in [6, 6.07) is 13.6. The molecule has 0 fully saturated rings. The number of carbonyl (C=O) groups is 5. The van der Waals surface area contributed by atoms with E-state index in [4.69, 9.17) is 36.6 Å². The van der Waals surface area contributed by atoms with Crippen molar-refractivity contribution in [3.05, 3.63) is 129 Å². The first kappa shape index (κ1) is 55.9. The van der Waals surface area contributed by atoms with Gasteiger partial charge in [-0.1, -0.05) is 57.1 Å². The van der Waals surface area contributed by atoms with Crippen LogP contribution >= 0.6 is 12.2 Å². The molecule has 6 atom stereocenters. The Bertz CT molecular complexity index is 2990. The molecule has 2 aromatic rings. The average molecular weight is 1030 g/mol. The molecule has 9 N–H and O–H groups in total. The van der Waals surface area contributed by atoms with Gasteiger partial charge < -0.3 is 60.9 Å². The zero-order valence-electron chi connectivity index (χ0n) is 42.1. The Morgan fingerprint density at radius 2 is 1.66 bits per heavy atom. The Morgan fingerprint density at radius 1 is 0.932 bits per heavy atom. The Kier molecular flexibility index (Phi) is 19.2. The largest absolute Gasteiger partial charge is 0.508 e. The quantitative estimate of drug-likeness (QED) is 0.0204. The Hall–Kier alpha value is -7.45. The highest BCUT2D eigenvalue weighted by molar-refractivity contribution is 7.80. The third kappa shape index (κ3) is 14.0. The molecule has 4 aliphatic rings. The zero-order chi connectivity index (χ0) is 53.8. The van der Waals surface area contributed by atoms with Gasteiger partial charge >= 0.3 is 12.1 Å². The number of carbonyl (C=O) groups excluding carboxylic acids is 4. The maximum atomic E-state index is 14.1. The minimum atomic E-state index is -1.19. The lowest BCUT2D eigenvalue weighted by Crippen LogP contribution is -2.38. The van der Waals surface area contributed by atoms with E-state index in [1.807, 2.05) is 6.92 Å². The summed E-state index contributed by atoms with van der Waals surface area (Å²) < 4.78 is 22.7. The second kappa shape index (κ2) is 25.5. The highest BCUT2D eigenvalue weighted by atomic mass is 32.1. The van der Waals surface area contributed by atoms with Crippen molar-refractivity contribution in [2.75, 3.05) is 32.6 Å². The monoisotopic (exact) mass is 1030 g/mol. The summed E-state index contributed by atoms with van der Waals surface area (Å²) in [4.78, 5) is 78.1. The van der Waals surface area contributed by atoms with Crippen molar-refractivity contribution in [3.8, 4) is 28.2 Å². The first-order valence-electron chi connectivity index (χ1n) is 24.2.